The van der Waals surface area contributed by atoms with Gasteiger partial charge < -0.3 is 9.47 Å². The highest BCUT2D eigenvalue weighted by Gasteiger charge is 2.23. The maximum absolute atomic E-state index is 13.6. The minimum atomic E-state index is -4.07. The summed E-state index contributed by atoms with van der Waals surface area (Å²) in [4.78, 5) is 27.2. The number of carbonyl (C=O) groups excluding carboxylic acids is 2. The van der Waals surface area contributed by atoms with Gasteiger partial charge in [-0.15, -0.1) is 0 Å². The predicted molar refractivity (Wildman–Crippen MR) is 211 cm³/mol. The maximum atomic E-state index is 13.6. The predicted octanol–water partition coefficient (Wildman–Crippen LogP) is 8.21. The molecule has 0 saturated heterocycles. The van der Waals surface area contributed by atoms with Gasteiger partial charge in [0.1, 0.15) is 13.2 Å². The van der Waals surface area contributed by atoms with Crippen molar-refractivity contribution in [2.75, 3.05) is 9.44 Å². The molecule has 0 bridgehead atoms. The third-order valence-corrected chi connectivity index (χ3v) is 11.4. The first kappa shape index (κ1) is 38.5. The van der Waals surface area contributed by atoms with E-state index in [1.165, 1.54) is 48.5 Å². The quantitative estimate of drug-likeness (QED) is 0.105. The zero-order valence-corrected chi connectivity index (χ0v) is 31.7. The molecule has 0 spiro atoms. The molecule has 6 rings (SSSR count). The first-order chi connectivity index (χ1) is 26.4. The van der Waals surface area contributed by atoms with Gasteiger partial charge in [0.15, 0.2) is 0 Å². The number of esters is 2. The van der Waals surface area contributed by atoms with Crippen molar-refractivity contribution in [3.05, 3.63) is 190 Å². The van der Waals surface area contributed by atoms with Crippen LogP contribution in [0.15, 0.2) is 155 Å². The summed E-state index contributed by atoms with van der Waals surface area (Å²) in [5.74, 6) is -1.50. The standard InChI is InChI=1S/C43H38N2O8S2/c1-30-13-19-36(20-14-30)54(48,49)44-40-23-17-34(26-38(40)42(46)52-28-32-9-5-3-6-10-32)25-35-18-24-41(45-55(50,51)37-21-15-31(2)16-22-37)39(27-35)43(47)53-29-33-11-7-4-8-12-33/h3-24,26-27,44-45H,25,28-29H2,1-2H3. The van der Waals surface area contributed by atoms with Gasteiger partial charge in [-0.25, -0.2) is 26.4 Å². The van der Waals surface area contributed by atoms with Crippen LogP contribution in [0.3, 0.4) is 0 Å². The molecule has 0 heterocycles. The lowest BCUT2D eigenvalue weighted by molar-refractivity contribution is 0.0465. The van der Waals surface area contributed by atoms with E-state index in [0.717, 1.165) is 22.3 Å². The number of aryl methyl sites for hydroxylation is 2. The Morgan fingerprint density at radius 3 is 1.20 bits per heavy atom. The molecular formula is C43H38N2O8S2. The van der Waals surface area contributed by atoms with Gasteiger partial charge in [-0.1, -0.05) is 108 Å². The lowest BCUT2D eigenvalue weighted by atomic mass is 9.99. The highest BCUT2D eigenvalue weighted by molar-refractivity contribution is 7.93. The first-order valence-corrected chi connectivity index (χ1v) is 20.2. The average molecular weight is 775 g/mol. The maximum Gasteiger partial charge on any atom is 0.340 e. The molecule has 0 saturated carbocycles. The van der Waals surface area contributed by atoms with Crippen molar-refractivity contribution in [1.82, 2.24) is 0 Å². The summed E-state index contributed by atoms with van der Waals surface area (Å²) in [6, 6.07) is 40.1. The normalized spacial score (nSPS) is 11.4. The SMILES string of the molecule is Cc1ccc(S(=O)(=O)Nc2ccc(Cc3ccc(NS(=O)(=O)c4ccc(C)cc4)c(C(=O)OCc4ccccc4)c3)cc2C(=O)OCc2ccccc2)cc1. The zero-order chi connectivity index (χ0) is 39.0. The second kappa shape index (κ2) is 16.8. The highest BCUT2D eigenvalue weighted by Crippen LogP contribution is 2.28. The van der Waals surface area contributed by atoms with Crippen molar-refractivity contribution in [3.8, 4) is 0 Å². The second-order valence-corrected chi connectivity index (χ2v) is 16.3. The van der Waals surface area contributed by atoms with Gasteiger partial charge in [0.2, 0.25) is 0 Å². The van der Waals surface area contributed by atoms with Crippen molar-refractivity contribution < 1.29 is 35.9 Å². The molecular weight excluding hydrogens is 737 g/mol. The molecule has 2 N–H and O–H groups in total. The van der Waals surface area contributed by atoms with Crippen molar-refractivity contribution in [1.29, 1.82) is 0 Å². The molecule has 6 aromatic carbocycles. The van der Waals surface area contributed by atoms with E-state index in [1.54, 1.807) is 60.7 Å². The summed E-state index contributed by atoms with van der Waals surface area (Å²) in [5.41, 5.74) is 4.45. The molecule has 0 radical (unpaired) electrons. The number of hydrogen-bond acceptors (Lipinski definition) is 8. The summed E-state index contributed by atoms with van der Waals surface area (Å²) in [6.45, 7) is 3.61. The Balaban J connectivity index is 1.32. The summed E-state index contributed by atoms with van der Waals surface area (Å²) in [6.07, 6.45) is 0.175. The van der Waals surface area contributed by atoms with Crippen molar-refractivity contribution in [2.24, 2.45) is 0 Å². The van der Waals surface area contributed by atoms with Crippen LogP contribution < -0.4 is 9.44 Å². The molecule has 0 unspecified atom stereocenters. The fraction of sp³-hybridized carbons (Fsp3) is 0.116. The van der Waals surface area contributed by atoms with Crippen LogP contribution in [-0.4, -0.2) is 28.8 Å². The summed E-state index contributed by atoms with van der Waals surface area (Å²) in [7, 11) is -8.15. The fourth-order valence-electron chi connectivity index (χ4n) is 5.60. The minimum Gasteiger partial charge on any atom is -0.457 e. The van der Waals surface area contributed by atoms with Gasteiger partial charge >= 0.3 is 11.9 Å². The van der Waals surface area contributed by atoms with Gasteiger partial charge in [0.25, 0.3) is 20.0 Å². The summed E-state index contributed by atoms with van der Waals surface area (Å²) >= 11 is 0. The highest BCUT2D eigenvalue weighted by atomic mass is 32.2. The minimum absolute atomic E-state index is 0.0194. The third kappa shape index (κ3) is 10.0. The lowest BCUT2D eigenvalue weighted by Gasteiger charge is -2.16. The van der Waals surface area contributed by atoms with Crippen LogP contribution >= 0.6 is 0 Å². The lowest BCUT2D eigenvalue weighted by Crippen LogP contribution is -2.17. The third-order valence-electron chi connectivity index (χ3n) is 8.59. The van der Waals surface area contributed by atoms with E-state index < -0.39 is 32.0 Å². The van der Waals surface area contributed by atoms with Gasteiger partial charge in [-0.05, 0) is 91.1 Å². The fourth-order valence-corrected chi connectivity index (χ4v) is 7.76. The molecule has 280 valence electrons. The van der Waals surface area contributed by atoms with Crippen molar-refractivity contribution >= 4 is 43.4 Å². The molecule has 0 aromatic heterocycles. The van der Waals surface area contributed by atoms with Crippen molar-refractivity contribution in [3.63, 3.8) is 0 Å². The first-order valence-electron chi connectivity index (χ1n) is 17.2. The van der Waals surface area contributed by atoms with Crippen LogP contribution in [-0.2, 0) is 49.2 Å². The smallest absolute Gasteiger partial charge is 0.340 e. The molecule has 0 aliphatic rings. The Morgan fingerprint density at radius 2 is 0.836 bits per heavy atom. The Bertz CT molecular complexity index is 2350. The van der Waals surface area contributed by atoms with Gasteiger partial charge in [-0.3, -0.25) is 9.44 Å². The largest absolute Gasteiger partial charge is 0.457 e. The van der Waals surface area contributed by atoms with Crippen LogP contribution in [0.4, 0.5) is 11.4 Å². The molecule has 0 atom stereocenters. The van der Waals surface area contributed by atoms with Crippen molar-refractivity contribution in [2.45, 2.75) is 43.3 Å². The van der Waals surface area contributed by atoms with E-state index in [1.807, 2.05) is 50.2 Å². The number of hydrogen-bond donors (Lipinski definition) is 2. The molecule has 55 heavy (non-hydrogen) atoms. The van der Waals surface area contributed by atoms with Crippen LogP contribution in [0.25, 0.3) is 0 Å². The van der Waals surface area contributed by atoms with E-state index >= 15 is 0 Å². The molecule has 12 heteroatoms. The topological polar surface area (TPSA) is 145 Å². The van der Waals surface area contributed by atoms with E-state index in [4.69, 9.17) is 9.47 Å². The van der Waals surface area contributed by atoms with E-state index in [-0.39, 0.29) is 51.9 Å². The number of nitrogens with one attached hydrogen (secondary N) is 2. The van der Waals surface area contributed by atoms with E-state index in [9.17, 15) is 26.4 Å². The van der Waals surface area contributed by atoms with Crippen LogP contribution in [0, 0.1) is 13.8 Å². The molecule has 0 aliphatic heterocycles. The summed E-state index contributed by atoms with van der Waals surface area (Å²) in [5, 5.41) is 0. The van der Waals surface area contributed by atoms with Crippen LogP contribution in [0.5, 0.6) is 0 Å². The van der Waals surface area contributed by atoms with Gasteiger partial charge in [0.05, 0.1) is 32.3 Å². The number of ether oxygens (including phenoxy) is 2. The average Bonchev–Trinajstić information content (AvgIpc) is 3.18. The van der Waals surface area contributed by atoms with Crippen LogP contribution in [0.2, 0.25) is 0 Å². The van der Waals surface area contributed by atoms with Gasteiger partial charge in [0, 0.05) is 0 Å². The molecule has 0 aliphatic carbocycles. The summed E-state index contributed by atoms with van der Waals surface area (Å²) < 4.78 is 69.8. The van der Waals surface area contributed by atoms with Gasteiger partial charge in [-0.2, -0.15) is 0 Å². The molecule has 0 amide bonds. The second-order valence-electron chi connectivity index (χ2n) is 12.9. The molecule has 0 fully saturated rings. The number of carbonyl (C=O) groups is 2. The Morgan fingerprint density at radius 1 is 0.473 bits per heavy atom. The van der Waals surface area contributed by atoms with E-state index in [2.05, 4.69) is 9.44 Å². The number of benzene rings is 6. The number of sulfonamides is 2. The Labute approximate surface area is 320 Å². The number of rotatable bonds is 14. The number of anilines is 2. The Hall–Kier alpha value is -6.24. The Kier molecular flexibility index (Phi) is 11.8. The molecule has 10 nitrogen and oxygen atoms in total. The van der Waals surface area contributed by atoms with E-state index in [0.29, 0.717) is 11.1 Å². The molecule has 6 aromatic rings. The zero-order valence-electron chi connectivity index (χ0n) is 30.1. The van der Waals surface area contributed by atoms with Crippen LogP contribution in [0.1, 0.15) is 54.1 Å². The monoisotopic (exact) mass is 774 g/mol.